The predicted molar refractivity (Wildman–Crippen MR) is 71.3 cm³/mol. The maximum Gasteiger partial charge on any atom is 0.0498 e. The maximum absolute atomic E-state index is 11.3. The Morgan fingerprint density at radius 2 is 2.31 bits per heavy atom. The van der Waals surface area contributed by atoms with Crippen molar-refractivity contribution in [3.63, 3.8) is 0 Å². The highest BCUT2D eigenvalue weighted by atomic mass is 32.2. The molecule has 1 aromatic rings. The van der Waals surface area contributed by atoms with Gasteiger partial charge in [0.1, 0.15) is 0 Å². The highest BCUT2D eigenvalue weighted by molar-refractivity contribution is 7.84. The van der Waals surface area contributed by atoms with E-state index in [0.717, 1.165) is 23.4 Å². The number of rotatable bonds is 6. The van der Waals surface area contributed by atoms with E-state index in [4.69, 9.17) is 0 Å². The molecule has 0 saturated carbocycles. The summed E-state index contributed by atoms with van der Waals surface area (Å²) in [6, 6.07) is 8.16. The topological polar surface area (TPSA) is 29.1 Å². The van der Waals surface area contributed by atoms with Crippen molar-refractivity contribution in [3.8, 4) is 0 Å². The average molecular weight is 237 g/mol. The van der Waals surface area contributed by atoms with Crippen LogP contribution in [0.4, 0.5) is 5.69 Å². The van der Waals surface area contributed by atoms with E-state index >= 15 is 0 Å². The summed E-state index contributed by atoms with van der Waals surface area (Å²) >= 11 is 0. The molecule has 16 heavy (non-hydrogen) atoms. The fraction of sp³-hybridized carbons (Fsp3) is 0.385. The quantitative estimate of drug-likeness (QED) is 0.770. The van der Waals surface area contributed by atoms with Gasteiger partial charge in [-0.1, -0.05) is 12.1 Å². The van der Waals surface area contributed by atoms with E-state index in [-0.39, 0.29) is 0 Å². The zero-order valence-electron chi connectivity index (χ0n) is 9.90. The molecule has 88 valence electrons. The van der Waals surface area contributed by atoms with Crippen molar-refractivity contribution >= 4 is 16.5 Å². The molecule has 0 aliphatic carbocycles. The van der Waals surface area contributed by atoms with Gasteiger partial charge in [0.25, 0.3) is 0 Å². The smallest absolute Gasteiger partial charge is 0.0498 e. The molecule has 0 radical (unpaired) electrons. The van der Waals surface area contributed by atoms with E-state index in [1.54, 1.807) is 6.26 Å². The number of benzene rings is 1. The summed E-state index contributed by atoms with van der Waals surface area (Å²) in [6.45, 7) is 5.85. The molecule has 1 rings (SSSR count). The third-order valence-corrected chi connectivity index (χ3v) is 3.30. The lowest BCUT2D eigenvalue weighted by Crippen LogP contribution is -2.14. The van der Waals surface area contributed by atoms with Crippen molar-refractivity contribution in [2.24, 2.45) is 0 Å². The largest absolute Gasteiger partial charge is 0.383 e. The van der Waals surface area contributed by atoms with Crippen LogP contribution in [0.15, 0.2) is 41.8 Å². The molecule has 2 atom stereocenters. The van der Waals surface area contributed by atoms with E-state index < -0.39 is 10.8 Å². The minimum absolute atomic E-state index is 0.401. The van der Waals surface area contributed by atoms with Gasteiger partial charge in [-0.05, 0) is 38.0 Å². The van der Waals surface area contributed by atoms with Crippen molar-refractivity contribution in [2.45, 2.75) is 30.7 Å². The number of hydrogen-bond acceptors (Lipinski definition) is 2. The molecule has 0 aliphatic heterocycles. The Kier molecular flexibility index (Phi) is 5.26. The minimum Gasteiger partial charge on any atom is -0.383 e. The molecule has 1 N–H and O–H groups in total. The fourth-order valence-corrected chi connectivity index (χ4v) is 2.05. The van der Waals surface area contributed by atoms with Crippen LogP contribution in [0.2, 0.25) is 0 Å². The predicted octanol–water partition coefficient (Wildman–Crippen LogP) is 3.19. The van der Waals surface area contributed by atoms with Crippen LogP contribution in [0.25, 0.3) is 0 Å². The summed E-state index contributed by atoms with van der Waals surface area (Å²) < 4.78 is 11.3. The number of nitrogens with one attached hydrogen (secondary N) is 1. The molecule has 1 aromatic carbocycles. The Hall–Kier alpha value is -1.09. The molecule has 0 fully saturated rings. The molecule has 0 unspecified atom stereocenters. The van der Waals surface area contributed by atoms with Crippen LogP contribution in [0.1, 0.15) is 19.8 Å². The van der Waals surface area contributed by atoms with E-state index in [2.05, 4.69) is 18.8 Å². The molecule has 0 aliphatic rings. The second kappa shape index (κ2) is 6.48. The summed E-state index contributed by atoms with van der Waals surface area (Å²) in [4.78, 5) is 0.862. The first-order valence-electron chi connectivity index (χ1n) is 5.44. The van der Waals surface area contributed by atoms with Crippen LogP contribution in [-0.4, -0.2) is 16.5 Å². The minimum atomic E-state index is -0.916. The summed E-state index contributed by atoms with van der Waals surface area (Å²) in [5.41, 5.74) is 1.03. The average Bonchev–Trinajstić information content (AvgIpc) is 2.26. The Morgan fingerprint density at radius 1 is 1.56 bits per heavy atom. The SMILES string of the molecule is C=CCC[C@@H](C)Nc1cccc([S@](C)=O)c1. The van der Waals surface area contributed by atoms with Crippen molar-refractivity contribution in [3.05, 3.63) is 36.9 Å². The number of allylic oxidation sites excluding steroid dienone is 1. The van der Waals surface area contributed by atoms with Gasteiger partial charge < -0.3 is 5.32 Å². The molecule has 0 saturated heterocycles. The van der Waals surface area contributed by atoms with Crippen LogP contribution in [0.5, 0.6) is 0 Å². The second-order valence-electron chi connectivity index (χ2n) is 3.89. The monoisotopic (exact) mass is 237 g/mol. The third-order valence-electron chi connectivity index (χ3n) is 2.38. The van der Waals surface area contributed by atoms with Gasteiger partial charge in [-0.25, -0.2) is 0 Å². The molecule has 2 nitrogen and oxygen atoms in total. The van der Waals surface area contributed by atoms with E-state index in [1.165, 1.54) is 0 Å². The van der Waals surface area contributed by atoms with Crippen molar-refractivity contribution in [1.82, 2.24) is 0 Å². The Labute approximate surface area is 100 Å². The Morgan fingerprint density at radius 3 is 2.94 bits per heavy atom. The fourth-order valence-electron chi connectivity index (χ4n) is 1.49. The van der Waals surface area contributed by atoms with E-state index in [0.29, 0.717) is 6.04 Å². The molecule has 0 aromatic heterocycles. The van der Waals surface area contributed by atoms with E-state index in [9.17, 15) is 4.21 Å². The van der Waals surface area contributed by atoms with Crippen molar-refractivity contribution < 1.29 is 4.21 Å². The molecular weight excluding hydrogens is 218 g/mol. The molecular formula is C13H19NOS. The van der Waals surface area contributed by atoms with Crippen LogP contribution in [-0.2, 0) is 10.8 Å². The zero-order chi connectivity index (χ0) is 12.0. The second-order valence-corrected chi connectivity index (χ2v) is 5.27. The zero-order valence-corrected chi connectivity index (χ0v) is 10.7. The first kappa shape index (κ1) is 13.0. The van der Waals surface area contributed by atoms with E-state index in [1.807, 2.05) is 30.3 Å². The summed E-state index contributed by atoms with van der Waals surface area (Å²) in [7, 11) is -0.916. The van der Waals surface area contributed by atoms with Gasteiger partial charge in [-0.2, -0.15) is 0 Å². The first-order chi connectivity index (χ1) is 7.63. The van der Waals surface area contributed by atoms with Gasteiger partial charge in [0.15, 0.2) is 0 Å². The van der Waals surface area contributed by atoms with Gasteiger partial charge in [0, 0.05) is 33.7 Å². The van der Waals surface area contributed by atoms with Crippen LogP contribution >= 0.6 is 0 Å². The van der Waals surface area contributed by atoms with Crippen molar-refractivity contribution in [1.29, 1.82) is 0 Å². The van der Waals surface area contributed by atoms with Crippen molar-refractivity contribution in [2.75, 3.05) is 11.6 Å². The highest BCUT2D eigenvalue weighted by Gasteiger charge is 2.02. The lowest BCUT2D eigenvalue weighted by molar-refractivity contribution is 0.686. The summed E-state index contributed by atoms with van der Waals surface area (Å²) in [5, 5.41) is 3.39. The van der Waals surface area contributed by atoms with Gasteiger partial charge >= 0.3 is 0 Å². The Bertz CT molecular complexity index is 376. The molecule has 0 amide bonds. The van der Waals surface area contributed by atoms with Crippen LogP contribution in [0.3, 0.4) is 0 Å². The molecule has 0 spiro atoms. The Balaban J connectivity index is 2.62. The van der Waals surface area contributed by atoms with Gasteiger partial charge in [-0.15, -0.1) is 6.58 Å². The lowest BCUT2D eigenvalue weighted by Gasteiger charge is -2.14. The maximum atomic E-state index is 11.3. The summed E-state index contributed by atoms with van der Waals surface area (Å²) in [6.07, 6.45) is 5.69. The number of anilines is 1. The molecule has 0 heterocycles. The van der Waals surface area contributed by atoms with Crippen LogP contribution < -0.4 is 5.32 Å². The number of hydrogen-bond donors (Lipinski definition) is 1. The van der Waals surface area contributed by atoms with Gasteiger partial charge in [0.05, 0.1) is 0 Å². The van der Waals surface area contributed by atoms with Gasteiger partial charge in [-0.3, -0.25) is 4.21 Å². The first-order valence-corrected chi connectivity index (χ1v) is 7.00. The lowest BCUT2D eigenvalue weighted by atomic mass is 10.1. The summed E-state index contributed by atoms with van der Waals surface area (Å²) in [5.74, 6) is 0. The van der Waals surface area contributed by atoms with Crippen LogP contribution in [0, 0.1) is 0 Å². The highest BCUT2D eigenvalue weighted by Crippen LogP contribution is 2.15. The molecule has 3 heteroatoms. The normalized spacial score (nSPS) is 14.1. The third kappa shape index (κ3) is 4.19. The van der Waals surface area contributed by atoms with Gasteiger partial charge in [0.2, 0.25) is 0 Å². The molecule has 0 bridgehead atoms. The standard InChI is InChI=1S/C13H19NOS/c1-4-5-7-11(2)14-12-8-6-9-13(10-12)16(3)15/h4,6,8-11,14H,1,5,7H2,2-3H3/t11-,16+/m1/s1.